The molecule has 3 rings (SSSR count). The summed E-state index contributed by atoms with van der Waals surface area (Å²) in [5.41, 5.74) is 1.83. The zero-order chi connectivity index (χ0) is 19.6. The van der Waals surface area contributed by atoms with Crippen LogP contribution in [0.3, 0.4) is 0 Å². The molecular formula is C22H28N2O3. The van der Waals surface area contributed by atoms with Crippen LogP contribution in [0.5, 0.6) is 0 Å². The van der Waals surface area contributed by atoms with E-state index in [2.05, 4.69) is 33.0 Å². The number of fused-ring (bicyclic) bond motifs is 1. The van der Waals surface area contributed by atoms with Gasteiger partial charge < -0.3 is 9.30 Å². The van der Waals surface area contributed by atoms with Gasteiger partial charge in [0.05, 0.1) is 5.54 Å². The van der Waals surface area contributed by atoms with Crippen LogP contribution in [-0.2, 0) is 23.3 Å². The summed E-state index contributed by atoms with van der Waals surface area (Å²) in [6.07, 6.45) is 1.21. The second kappa shape index (κ2) is 7.59. The minimum Gasteiger partial charge on any atom is -0.444 e. The number of nitrogens with one attached hydrogen (secondary N) is 1. The van der Waals surface area contributed by atoms with Gasteiger partial charge in [0, 0.05) is 5.69 Å². The average molecular weight is 368 g/mol. The average Bonchev–Trinajstić information content (AvgIpc) is 3.05. The fourth-order valence-electron chi connectivity index (χ4n) is 4.39. The lowest BCUT2D eigenvalue weighted by Gasteiger charge is -2.40. The van der Waals surface area contributed by atoms with E-state index in [0.29, 0.717) is 11.8 Å². The fourth-order valence-corrected chi connectivity index (χ4v) is 4.39. The number of amides is 1. The Labute approximate surface area is 160 Å². The van der Waals surface area contributed by atoms with Crippen LogP contribution in [-0.4, -0.2) is 10.7 Å². The van der Waals surface area contributed by atoms with E-state index in [1.807, 2.05) is 41.0 Å². The molecule has 0 atom stereocenters. The maximum atomic E-state index is 13.2. The highest BCUT2D eigenvalue weighted by Gasteiger charge is 2.44. The molecule has 5 nitrogen and oxygen atoms in total. The van der Waals surface area contributed by atoms with E-state index < -0.39 is 6.09 Å². The Kier molecular flexibility index (Phi) is 5.40. The SMILES string of the molecule is CC(C)C1(C(C)C)CCc2ccc(NC(=O)OCc3ccccc3)c(=O)n21. The Morgan fingerprint density at radius 1 is 1.11 bits per heavy atom. The molecule has 5 heteroatoms. The second-order valence-corrected chi connectivity index (χ2v) is 7.87. The fraction of sp³-hybridized carbons (Fsp3) is 0.455. The highest BCUT2D eigenvalue weighted by molar-refractivity contribution is 5.84. The number of anilines is 1. The molecule has 0 unspecified atom stereocenters. The molecule has 0 bridgehead atoms. The van der Waals surface area contributed by atoms with Crippen molar-refractivity contribution in [2.45, 2.75) is 52.7 Å². The number of aromatic nitrogens is 1. The first-order valence-corrected chi connectivity index (χ1v) is 9.59. The molecule has 1 aliphatic heterocycles. The smallest absolute Gasteiger partial charge is 0.412 e. The van der Waals surface area contributed by atoms with Crippen molar-refractivity contribution in [2.75, 3.05) is 5.32 Å². The van der Waals surface area contributed by atoms with E-state index in [-0.39, 0.29) is 23.4 Å². The first-order chi connectivity index (χ1) is 12.9. The number of hydrogen-bond donors (Lipinski definition) is 1. The zero-order valence-electron chi connectivity index (χ0n) is 16.5. The summed E-state index contributed by atoms with van der Waals surface area (Å²) in [4.78, 5) is 25.4. The second-order valence-electron chi connectivity index (χ2n) is 7.87. The first-order valence-electron chi connectivity index (χ1n) is 9.59. The number of rotatable bonds is 5. The normalized spacial score (nSPS) is 15.0. The van der Waals surface area contributed by atoms with Crippen molar-refractivity contribution in [3.63, 3.8) is 0 Å². The first kappa shape index (κ1) is 19.2. The van der Waals surface area contributed by atoms with E-state index in [1.165, 1.54) is 0 Å². The summed E-state index contributed by atoms with van der Waals surface area (Å²) in [6.45, 7) is 8.82. The molecule has 0 saturated heterocycles. The zero-order valence-corrected chi connectivity index (χ0v) is 16.5. The van der Waals surface area contributed by atoms with Gasteiger partial charge in [-0.2, -0.15) is 0 Å². The van der Waals surface area contributed by atoms with Crippen LogP contribution in [0.1, 0.15) is 45.4 Å². The van der Waals surface area contributed by atoms with Crippen molar-refractivity contribution in [3.8, 4) is 0 Å². The molecule has 2 heterocycles. The minimum absolute atomic E-state index is 0.149. The van der Waals surface area contributed by atoms with Gasteiger partial charge in [-0.3, -0.25) is 10.1 Å². The van der Waals surface area contributed by atoms with Gasteiger partial charge >= 0.3 is 6.09 Å². The lowest BCUT2D eigenvalue weighted by molar-refractivity contribution is 0.128. The van der Waals surface area contributed by atoms with E-state index >= 15 is 0 Å². The van der Waals surface area contributed by atoms with Crippen molar-refractivity contribution >= 4 is 11.8 Å². The highest BCUT2D eigenvalue weighted by atomic mass is 16.5. The summed E-state index contributed by atoms with van der Waals surface area (Å²) in [6, 6.07) is 13.1. The third-order valence-corrected chi connectivity index (χ3v) is 5.81. The topological polar surface area (TPSA) is 60.3 Å². The van der Waals surface area contributed by atoms with E-state index in [9.17, 15) is 9.59 Å². The van der Waals surface area contributed by atoms with Gasteiger partial charge in [-0.1, -0.05) is 58.0 Å². The van der Waals surface area contributed by atoms with Gasteiger partial charge in [0.25, 0.3) is 5.56 Å². The quantitative estimate of drug-likeness (QED) is 0.842. The third kappa shape index (κ3) is 3.51. The molecule has 0 saturated carbocycles. The van der Waals surface area contributed by atoms with Gasteiger partial charge in [0.1, 0.15) is 12.3 Å². The van der Waals surface area contributed by atoms with E-state index in [0.717, 1.165) is 24.1 Å². The van der Waals surface area contributed by atoms with Gasteiger partial charge in [-0.05, 0) is 42.4 Å². The number of carbonyl (C=O) groups excluding carboxylic acids is 1. The van der Waals surface area contributed by atoms with Gasteiger partial charge in [0.2, 0.25) is 0 Å². The van der Waals surface area contributed by atoms with Crippen LogP contribution in [0.4, 0.5) is 10.5 Å². The molecular weight excluding hydrogens is 340 g/mol. The molecule has 0 spiro atoms. The number of nitrogens with zero attached hydrogens (tertiary/aromatic N) is 1. The van der Waals surface area contributed by atoms with Crippen LogP contribution >= 0.6 is 0 Å². The summed E-state index contributed by atoms with van der Waals surface area (Å²) in [7, 11) is 0. The summed E-state index contributed by atoms with van der Waals surface area (Å²) in [5.74, 6) is 0.633. The number of ether oxygens (including phenoxy) is 1. The van der Waals surface area contributed by atoms with Gasteiger partial charge in [0.15, 0.2) is 0 Å². The van der Waals surface area contributed by atoms with Crippen LogP contribution < -0.4 is 10.9 Å². The van der Waals surface area contributed by atoms with Crippen molar-refractivity contribution in [1.82, 2.24) is 4.57 Å². The number of carbonyl (C=O) groups is 1. The number of pyridine rings is 1. The van der Waals surface area contributed by atoms with Crippen LogP contribution in [0.25, 0.3) is 0 Å². The number of benzene rings is 1. The highest BCUT2D eigenvalue weighted by Crippen LogP contribution is 2.43. The van der Waals surface area contributed by atoms with Gasteiger partial charge in [-0.15, -0.1) is 0 Å². The number of hydrogen-bond acceptors (Lipinski definition) is 3. The monoisotopic (exact) mass is 368 g/mol. The minimum atomic E-state index is -0.616. The molecule has 1 aromatic carbocycles. The maximum Gasteiger partial charge on any atom is 0.412 e. The van der Waals surface area contributed by atoms with Crippen molar-refractivity contribution in [3.05, 3.63) is 64.1 Å². The molecule has 1 N–H and O–H groups in total. The Hall–Kier alpha value is -2.56. The molecule has 0 aliphatic carbocycles. The Bertz CT molecular complexity index is 861. The van der Waals surface area contributed by atoms with Gasteiger partial charge in [-0.25, -0.2) is 4.79 Å². The van der Waals surface area contributed by atoms with Crippen LogP contribution in [0.15, 0.2) is 47.3 Å². The van der Waals surface area contributed by atoms with Crippen molar-refractivity contribution in [1.29, 1.82) is 0 Å². The lowest BCUT2D eigenvalue weighted by Crippen LogP contribution is -2.47. The molecule has 1 aliphatic rings. The maximum absolute atomic E-state index is 13.2. The molecule has 2 aromatic rings. The largest absolute Gasteiger partial charge is 0.444 e. The van der Waals surface area contributed by atoms with Crippen LogP contribution in [0.2, 0.25) is 0 Å². The molecule has 1 amide bonds. The summed E-state index contributed by atoms with van der Waals surface area (Å²) >= 11 is 0. The molecule has 0 fully saturated rings. The predicted molar refractivity (Wildman–Crippen MR) is 107 cm³/mol. The Balaban J connectivity index is 1.83. The predicted octanol–water partition coefficient (Wildman–Crippen LogP) is 4.55. The van der Waals surface area contributed by atoms with Crippen LogP contribution in [0, 0.1) is 11.8 Å². The van der Waals surface area contributed by atoms with E-state index in [4.69, 9.17) is 4.74 Å². The lowest BCUT2D eigenvalue weighted by atomic mass is 9.75. The summed E-state index contributed by atoms with van der Waals surface area (Å²) < 4.78 is 7.17. The molecule has 27 heavy (non-hydrogen) atoms. The molecule has 144 valence electrons. The Morgan fingerprint density at radius 3 is 2.41 bits per heavy atom. The van der Waals surface area contributed by atoms with E-state index in [1.54, 1.807) is 6.07 Å². The summed E-state index contributed by atoms with van der Waals surface area (Å²) in [5, 5.41) is 2.63. The molecule has 1 aromatic heterocycles. The van der Waals surface area contributed by atoms with Crippen molar-refractivity contribution < 1.29 is 9.53 Å². The standard InChI is InChI=1S/C22H28N2O3/c1-15(2)22(16(3)4)13-12-18-10-11-19(20(25)24(18)22)23-21(26)27-14-17-8-6-5-7-9-17/h5-11,15-16H,12-14H2,1-4H3,(H,23,26). The molecule has 0 radical (unpaired) electrons. The Morgan fingerprint density at radius 2 is 1.78 bits per heavy atom. The number of aryl methyl sites for hydroxylation is 1. The third-order valence-electron chi connectivity index (χ3n) is 5.81. The van der Waals surface area contributed by atoms with Crippen molar-refractivity contribution in [2.24, 2.45) is 11.8 Å².